The molecule has 2 rings (SSSR count). The summed E-state index contributed by atoms with van der Waals surface area (Å²) in [5.74, 6) is 0.924. The molecule has 0 saturated heterocycles. The molecule has 0 bridgehead atoms. The van der Waals surface area contributed by atoms with Crippen LogP contribution in [-0.4, -0.2) is 31.8 Å². The van der Waals surface area contributed by atoms with Crippen molar-refractivity contribution >= 4 is 22.7 Å². The van der Waals surface area contributed by atoms with Gasteiger partial charge in [0, 0.05) is 23.6 Å². The molecule has 0 atom stereocenters. The zero-order valence-electron chi connectivity index (χ0n) is 21.9. The van der Waals surface area contributed by atoms with E-state index in [-0.39, 0.29) is 34.9 Å². The molecular weight excluding hydrogens is 448 g/mol. The standard InChI is InChI=1S/C28H40O7/c1-6-11-13-15-23(29)34-25-21-18-17-20(31-8-3)19-22(21)26(35-24(30)16-14-12-7-2)28(33-10-5)27(25)32-9-4/h17-19H,6-16H2,1-5H3. The van der Waals surface area contributed by atoms with Gasteiger partial charge in [0.1, 0.15) is 5.75 Å². The van der Waals surface area contributed by atoms with Crippen molar-refractivity contribution in [2.24, 2.45) is 0 Å². The zero-order chi connectivity index (χ0) is 25.6. The maximum Gasteiger partial charge on any atom is 0.311 e. The molecule has 0 aliphatic rings. The van der Waals surface area contributed by atoms with Crippen LogP contribution in [0.5, 0.6) is 28.7 Å². The summed E-state index contributed by atoms with van der Waals surface area (Å²) in [6.07, 6.45) is 5.99. The minimum Gasteiger partial charge on any atom is -0.494 e. The van der Waals surface area contributed by atoms with E-state index in [4.69, 9.17) is 23.7 Å². The van der Waals surface area contributed by atoms with Crippen molar-refractivity contribution < 1.29 is 33.3 Å². The van der Waals surface area contributed by atoms with Gasteiger partial charge in [0.15, 0.2) is 11.5 Å². The second kappa shape index (κ2) is 15.1. The van der Waals surface area contributed by atoms with Crippen LogP contribution < -0.4 is 23.7 Å². The molecule has 0 aromatic heterocycles. The predicted octanol–water partition coefficient (Wildman–Crippen LogP) is 7.01. The first-order chi connectivity index (χ1) is 17.0. The van der Waals surface area contributed by atoms with E-state index in [2.05, 4.69) is 13.8 Å². The summed E-state index contributed by atoms with van der Waals surface area (Å²) >= 11 is 0. The van der Waals surface area contributed by atoms with Crippen LogP contribution in [-0.2, 0) is 9.59 Å². The fourth-order valence-corrected chi connectivity index (χ4v) is 3.74. The van der Waals surface area contributed by atoms with E-state index in [1.54, 1.807) is 18.2 Å². The first-order valence-electron chi connectivity index (χ1n) is 12.9. The van der Waals surface area contributed by atoms with Crippen LogP contribution in [0, 0.1) is 0 Å². The quantitative estimate of drug-likeness (QED) is 0.143. The monoisotopic (exact) mass is 488 g/mol. The van der Waals surface area contributed by atoms with E-state index in [1.165, 1.54) is 0 Å². The molecule has 0 aliphatic heterocycles. The highest BCUT2D eigenvalue weighted by molar-refractivity contribution is 6.02. The van der Waals surface area contributed by atoms with Gasteiger partial charge in [-0.3, -0.25) is 9.59 Å². The Labute approximate surface area is 209 Å². The fourth-order valence-electron chi connectivity index (χ4n) is 3.74. The highest BCUT2D eigenvalue weighted by atomic mass is 16.6. The normalized spacial score (nSPS) is 10.8. The Bertz CT molecular complexity index is 968. The minimum atomic E-state index is -0.353. The molecule has 0 amide bonds. The first kappa shape index (κ1) is 28.3. The van der Waals surface area contributed by atoms with Crippen molar-refractivity contribution in [3.8, 4) is 28.7 Å². The Morgan fingerprint density at radius 2 is 1.09 bits per heavy atom. The van der Waals surface area contributed by atoms with E-state index >= 15 is 0 Å². The van der Waals surface area contributed by atoms with Crippen LogP contribution in [0.25, 0.3) is 10.8 Å². The van der Waals surface area contributed by atoms with E-state index in [0.29, 0.717) is 49.2 Å². The molecule has 0 aliphatic carbocycles. The van der Waals surface area contributed by atoms with E-state index in [0.717, 1.165) is 38.5 Å². The van der Waals surface area contributed by atoms with Crippen molar-refractivity contribution in [1.29, 1.82) is 0 Å². The van der Waals surface area contributed by atoms with Crippen LogP contribution in [0.3, 0.4) is 0 Å². The molecule has 0 spiro atoms. The fraction of sp³-hybridized carbons (Fsp3) is 0.571. The number of carbonyl (C=O) groups excluding carboxylic acids is 2. The number of fused-ring (bicyclic) bond motifs is 1. The second-order valence-corrected chi connectivity index (χ2v) is 8.19. The van der Waals surface area contributed by atoms with Crippen molar-refractivity contribution in [3.63, 3.8) is 0 Å². The zero-order valence-corrected chi connectivity index (χ0v) is 21.9. The summed E-state index contributed by atoms with van der Waals surface area (Å²) in [6.45, 7) is 10.8. The van der Waals surface area contributed by atoms with Gasteiger partial charge in [0.25, 0.3) is 0 Å². The average Bonchev–Trinajstić information content (AvgIpc) is 2.84. The van der Waals surface area contributed by atoms with Gasteiger partial charge < -0.3 is 23.7 Å². The van der Waals surface area contributed by atoms with Crippen LogP contribution in [0.2, 0.25) is 0 Å². The maximum atomic E-state index is 12.7. The molecule has 0 heterocycles. The summed E-state index contributed by atoms with van der Waals surface area (Å²) in [6, 6.07) is 5.37. The number of rotatable bonds is 16. The van der Waals surface area contributed by atoms with Gasteiger partial charge in [-0.1, -0.05) is 39.5 Å². The Morgan fingerprint density at radius 3 is 1.54 bits per heavy atom. The Hall–Kier alpha value is -2.96. The minimum absolute atomic E-state index is 0.246. The van der Waals surface area contributed by atoms with E-state index in [1.807, 2.05) is 20.8 Å². The Balaban J connectivity index is 2.67. The third kappa shape index (κ3) is 8.05. The Morgan fingerprint density at radius 1 is 0.600 bits per heavy atom. The van der Waals surface area contributed by atoms with Gasteiger partial charge in [0.2, 0.25) is 11.5 Å². The van der Waals surface area contributed by atoms with Gasteiger partial charge in [-0.05, 0) is 51.8 Å². The summed E-state index contributed by atoms with van der Waals surface area (Å²) in [5.41, 5.74) is 0. The average molecular weight is 489 g/mol. The molecular formula is C28H40O7. The van der Waals surface area contributed by atoms with Gasteiger partial charge in [-0.15, -0.1) is 0 Å². The number of hydrogen-bond acceptors (Lipinski definition) is 7. The van der Waals surface area contributed by atoms with Crippen LogP contribution in [0.1, 0.15) is 86.0 Å². The van der Waals surface area contributed by atoms with E-state index in [9.17, 15) is 9.59 Å². The smallest absolute Gasteiger partial charge is 0.311 e. The second-order valence-electron chi connectivity index (χ2n) is 8.19. The number of ether oxygens (including phenoxy) is 5. The van der Waals surface area contributed by atoms with Crippen LogP contribution in [0.4, 0.5) is 0 Å². The lowest BCUT2D eigenvalue weighted by Crippen LogP contribution is -2.13. The van der Waals surface area contributed by atoms with Crippen LogP contribution >= 0.6 is 0 Å². The molecule has 7 heteroatoms. The highest BCUT2D eigenvalue weighted by Crippen LogP contribution is 2.52. The number of carbonyl (C=O) groups is 2. The summed E-state index contributed by atoms with van der Waals surface area (Å²) in [7, 11) is 0. The number of esters is 2. The first-order valence-corrected chi connectivity index (χ1v) is 12.9. The van der Waals surface area contributed by atoms with Gasteiger partial charge in [0.05, 0.1) is 19.8 Å². The lowest BCUT2D eigenvalue weighted by atomic mass is 10.1. The van der Waals surface area contributed by atoms with Crippen molar-refractivity contribution in [2.75, 3.05) is 19.8 Å². The Kier molecular flexibility index (Phi) is 12.2. The van der Waals surface area contributed by atoms with E-state index < -0.39 is 0 Å². The van der Waals surface area contributed by atoms with Gasteiger partial charge in [-0.2, -0.15) is 0 Å². The molecule has 0 fully saturated rings. The molecule has 0 radical (unpaired) electrons. The van der Waals surface area contributed by atoms with Crippen LogP contribution in [0.15, 0.2) is 18.2 Å². The molecule has 0 unspecified atom stereocenters. The summed E-state index contributed by atoms with van der Waals surface area (Å²) < 4.78 is 29.3. The lowest BCUT2D eigenvalue weighted by molar-refractivity contribution is -0.135. The highest BCUT2D eigenvalue weighted by Gasteiger charge is 2.28. The molecule has 2 aromatic carbocycles. The molecule has 0 saturated carbocycles. The molecule has 194 valence electrons. The number of unbranched alkanes of at least 4 members (excludes halogenated alkanes) is 4. The summed E-state index contributed by atoms with van der Waals surface area (Å²) in [4.78, 5) is 25.4. The third-order valence-corrected chi connectivity index (χ3v) is 5.39. The predicted molar refractivity (Wildman–Crippen MR) is 137 cm³/mol. The largest absolute Gasteiger partial charge is 0.494 e. The SMILES string of the molecule is CCCCCC(=O)Oc1c(OCC)c(OCC)c(OC(=O)CCCCC)c2cc(OCC)ccc12. The number of benzene rings is 2. The van der Waals surface area contributed by atoms with Gasteiger partial charge >= 0.3 is 11.9 Å². The molecule has 35 heavy (non-hydrogen) atoms. The molecule has 2 aromatic rings. The van der Waals surface area contributed by atoms with Crippen molar-refractivity contribution in [1.82, 2.24) is 0 Å². The number of hydrogen-bond donors (Lipinski definition) is 0. The lowest BCUT2D eigenvalue weighted by Gasteiger charge is -2.21. The van der Waals surface area contributed by atoms with Crippen molar-refractivity contribution in [3.05, 3.63) is 18.2 Å². The van der Waals surface area contributed by atoms with Gasteiger partial charge in [-0.25, -0.2) is 0 Å². The topological polar surface area (TPSA) is 80.3 Å². The molecule has 7 nitrogen and oxygen atoms in total. The maximum absolute atomic E-state index is 12.7. The van der Waals surface area contributed by atoms with Crippen molar-refractivity contribution in [2.45, 2.75) is 86.0 Å². The molecule has 0 N–H and O–H groups in total. The third-order valence-electron chi connectivity index (χ3n) is 5.39. The summed E-state index contributed by atoms with van der Waals surface area (Å²) in [5, 5.41) is 1.14.